The van der Waals surface area contributed by atoms with Gasteiger partial charge in [0.25, 0.3) is 0 Å². The molecule has 0 aliphatic heterocycles. The fourth-order valence-corrected chi connectivity index (χ4v) is 2.99. The lowest BCUT2D eigenvalue weighted by atomic mass is 10.00. The molecule has 2 N–H and O–H groups in total. The van der Waals surface area contributed by atoms with Crippen molar-refractivity contribution >= 4 is 17.4 Å². The Bertz CT molecular complexity index is 1050. The molecule has 0 atom stereocenters. The van der Waals surface area contributed by atoms with Crippen LogP contribution in [0.3, 0.4) is 0 Å². The Morgan fingerprint density at radius 1 is 1.23 bits per heavy atom. The minimum atomic E-state index is -0.454. The molecule has 156 valence electrons. The first-order valence-corrected chi connectivity index (χ1v) is 9.60. The molecule has 0 aliphatic rings. The van der Waals surface area contributed by atoms with E-state index in [0.717, 1.165) is 16.0 Å². The van der Waals surface area contributed by atoms with Crippen molar-refractivity contribution < 1.29 is 23.9 Å². The summed E-state index contributed by atoms with van der Waals surface area (Å²) in [6.45, 7) is 3.54. The van der Waals surface area contributed by atoms with Crippen molar-refractivity contribution in [3.8, 4) is 5.75 Å². The first-order valence-electron chi connectivity index (χ1n) is 9.60. The number of aromatic nitrogens is 3. The summed E-state index contributed by atoms with van der Waals surface area (Å²) in [6, 6.07) is 6.49. The van der Waals surface area contributed by atoms with Crippen LogP contribution in [-0.4, -0.2) is 28.1 Å². The molecule has 3 rings (SSSR count). The number of rotatable bonds is 8. The molecule has 0 bridgehead atoms. The van der Waals surface area contributed by atoms with Crippen LogP contribution in [0.2, 0.25) is 0 Å². The Labute approximate surface area is 174 Å². The minimum absolute atomic E-state index is 0.0591. The van der Waals surface area contributed by atoms with Crippen LogP contribution < -0.4 is 14.8 Å². The number of halogens is 1. The summed E-state index contributed by atoms with van der Waals surface area (Å²) >= 11 is 0. The molecule has 3 aromatic rings. The highest BCUT2D eigenvalue weighted by Crippen LogP contribution is 2.25. The summed E-state index contributed by atoms with van der Waals surface area (Å²) in [5.74, 6) is -0.0270. The first kappa shape index (κ1) is 21.2. The Kier molecular flexibility index (Phi) is 6.56. The van der Waals surface area contributed by atoms with Crippen LogP contribution in [0.15, 0.2) is 42.9 Å². The highest BCUT2D eigenvalue weighted by molar-refractivity contribution is 5.96. The Balaban J connectivity index is 1.70. The van der Waals surface area contributed by atoms with Gasteiger partial charge in [0.05, 0.1) is 12.8 Å². The molecule has 0 spiro atoms. The molecule has 8 heteroatoms. The molecule has 2 aromatic heterocycles. The predicted octanol–water partition coefficient (Wildman–Crippen LogP) is 3.58. The van der Waals surface area contributed by atoms with E-state index in [-0.39, 0.29) is 11.5 Å². The van der Waals surface area contributed by atoms with Gasteiger partial charge < -0.3 is 10.1 Å². The number of carbonyl (C=O) groups excluding carboxylic acids is 1. The molecule has 0 amide bonds. The molecule has 1 aromatic carbocycles. The second-order valence-corrected chi connectivity index (χ2v) is 6.87. The number of anilines is 2. The van der Waals surface area contributed by atoms with Crippen LogP contribution in [0, 0.1) is 12.7 Å². The Morgan fingerprint density at radius 2 is 1.97 bits per heavy atom. The van der Waals surface area contributed by atoms with Gasteiger partial charge in [-0.25, -0.2) is 14.4 Å². The maximum absolute atomic E-state index is 14.6. The highest BCUT2D eigenvalue weighted by Gasteiger charge is 2.15. The standard InChI is InChI=1S/C22H23FN4O3/c1-4-19(28)17-10-16(21(23)20(11-17)30-3)6-5-15-12-24-22(25-13-15)26-18-7-8-27(29)14(2)9-18/h7-13,29H,4-6H2,1-3H3/p+1. The van der Waals surface area contributed by atoms with Crippen molar-refractivity contribution in [3.63, 3.8) is 0 Å². The van der Waals surface area contributed by atoms with Gasteiger partial charge in [0, 0.05) is 48.2 Å². The molecule has 2 heterocycles. The Morgan fingerprint density at radius 3 is 2.60 bits per heavy atom. The molecule has 0 radical (unpaired) electrons. The van der Waals surface area contributed by atoms with E-state index in [2.05, 4.69) is 15.3 Å². The SMILES string of the molecule is CCC(=O)c1cc(CCc2cnc(Nc3cc[n+](O)c(C)c3)nc2)c(F)c(OC)c1. The van der Waals surface area contributed by atoms with Crippen molar-refractivity contribution in [1.29, 1.82) is 0 Å². The normalized spacial score (nSPS) is 10.7. The molecule has 0 saturated heterocycles. The molecule has 7 nitrogen and oxygen atoms in total. The average molecular weight is 411 g/mol. The van der Waals surface area contributed by atoms with Gasteiger partial charge in [-0.05, 0) is 36.1 Å². The minimum Gasteiger partial charge on any atom is -0.494 e. The van der Waals surface area contributed by atoms with Crippen LogP contribution >= 0.6 is 0 Å². The number of Topliss-reactive ketones (excluding diaryl/α,β-unsaturated/α-hetero) is 1. The molecular formula is C22H24FN4O3+. The largest absolute Gasteiger partial charge is 0.494 e. The van der Waals surface area contributed by atoms with Crippen LogP contribution in [0.5, 0.6) is 5.75 Å². The fraction of sp³-hybridized carbons (Fsp3) is 0.273. The number of hydrogen-bond acceptors (Lipinski definition) is 6. The number of carbonyl (C=O) groups is 1. The van der Waals surface area contributed by atoms with Crippen LogP contribution in [0.25, 0.3) is 0 Å². The zero-order valence-corrected chi connectivity index (χ0v) is 17.1. The maximum Gasteiger partial charge on any atom is 0.233 e. The molecule has 0 saturated carbocycles. The second-order valence-electron chi connectivity index (χ2n) is 6.87. The van der Waals surface area contributed by atoms with E-state index in [1.807, 2.05) is 0 Å². The number of ketones is 1. The van der Waals surface area contributed by atoms with Crippen molar-refractivity contribution in [2.24, 2.45) is 0 Å². The molecule has 0 unspecified atom stereocenters. The highest BCUT2D eigenvalue weighted by atomic mass is 19.1. The number of aryl methyl sites for hydroxylation is 3. The van der Waals surface area contributed by atoms with Crippen LogP contribution in [0.4, 0.5) is 16.0 Å². The topological polar surface area (TPSA) is 88.2 Å². The van der Waals surface area contributed by atoms with Crippen molar-refractivity contribution in [1.82, 2.24) is 9.97 Å². The molecule has 30 heavy (non-hydrogen) atoms. The zero-order valence-electron chi connectivity index (χ0n) is 17.1. The van der Waals surface area contributed by atoms with Crippen LogP contribution in [-0.2, 0) is 12.8 Å². The van der Waals surface area contributed by atoms with Crippen LogP contribution in [0.1, 0.15) is 40.5 Å². The number of methoxy groups -OCH3 is 1. The van der Waals surface area contributed by atoms with Gasteiger partial charge >= 0.3 is 0 Å². The molecule has 0 fully saturated rings. The van der Waals surface area contributed by atoms with Gasteiger partial charge in [-0.15, -0.1) is 0 Å². The smallest absolute Gasteiger partial charge is 0.233 e. The lowest BCUT2D eigenvalue weighted by Gasteiger charge is -2.11. The van der Waals surface area contributed by atoms with E-state index >= 15 is 0 Å². The third kappa shape index (κ3) is 4.89. The Hall–Kier alpha value is -3.55. The predicted molar refractivity (Wildman–Crippen MR) is 109 cm³/mol. The number of nitrogens with zero attached hydrogens (tertiary/aromatic N) is 3. The molecular weight excluding hydrogens is 387 g/mol. The van der Waals surface area contributed by atoms with Crippen molar-refractivity contribution in [2.45, 2.75) is 33.1 Å². The number of hydrogen-bond donors (Lipinski definition) is 2. The summed E-state index contributed by atoms with van der Waals surface area (Å²) < 4.78 is 20.7. The number of nitrogens with one attached hydrogen (secondary N) is 1. The van der Waals surface area contributed by atoms with Gasteiger partial charge in [0.1, 0.15) is 0 Å². The van der Waals surface area contributed by atoms with Crippen molar-refractivity contribution in [3.05, 3.63) is 71.1 Å². The third-order valence-corrected chi connectivity index (χ3v) is 4.74. The lowest BCUT2D eigenvalue weighted by Crippen LogP contribution is -2.32. The number of ether oxygens (including phenoxy) is 1. The van der Waals surface area contributed by atoms with Gasteiger partial charge in [-0.1, -0.05) is 6.92 Å². The van der Waals surface area contributed by atoms with Gasteiger partial charge in [0.2, 0.25) is 17.8 Å². The summed E-state index contributed by atoms with van der Waals surface area (Å²) in [4.78, 5) is 20.6. The zero-order chi connectivity index (χ0) is 21.7. The second kappa shape index (κ2) is 9.30. The summed E-state index contributed by atoms with van der Waals surface area (Å²) in [5, 5.41) is 12.6. The summed E-state index contributed by atoms with van der Waals surface area (Å²) in [5.41, 5.74) is 3.12. The van der Waals surface area contributed by atoms with Gasteiger partial charge in [0.15, 0.2) is 17.3 Å². The first-order chi connectivity index (χ1) is 14.4. The van der Waals surface area contributed by atoms with E-state index in [0.29, 0.717) is 42.0 Å². The van der Waals surface area contributed by atoms with E-state index in [4.69, 9.17) is 4.74 Å². The van der Waals surface area contributed by atoms with E-state index < -0.39 is 5.82 Å². The summed E-state index contributed by atoms with van der Waals surface area (Å²) in [6.07, 6.45) is 6.11. The third-order valence-electron chi connectivity index (χ3n) is 4.74. The average Bonchev–Trinajstić information content (AvgIpc) is 2.76. The maximum atomic E-state index is 14.6. The van der Waals surface area contributed by atoms with Crippen molar-refractivity contribution in [2.75, 3.05) is 12.4 Å². The molecule has 0 aliphatic carbocycles. The number of pyridine rings is 1. The quantitative estimate of drug-likeness (QED) is 0.335. The lowest BCUT2D eigenvalue weighted by molar-refractivity contribution is -0.908. The number of benzene rings is 1. The fourth-order valence-electron chi connectivity index (χ4n) is 2.99. The van der Waals surface area contributed by atoms with E-state index in [1.165, 1.54) is 19.4 Å². The summed E-state index contributed by atoms with van der Waals surface area (Å²) in [7, 11) is 1.39. The van der Waals surface area contributed by atoms with Gasteiger partial charge in [-0.2, -0.15) is 0 Å². The van der Waals surface area contributed by atoms with Gasteiger partial charge in [-0.3, -0.25) is 10.0 Å². The van der Waals surface area contributed by atoms with E-state index in [1.54, 1.807) is 44.4 Å². The van der Waals surface area contributed by atoms with E-state index in [9.17, 15) is 14.4 Å². The monoisotopic (exact) mass is 411 g/mol.